The lowest BCUT2D eigenvalue weighted by Crippen LogP contribution is -2.41. The number of amides is 1. The van der Waals surface area contributed by atoms with Crippen LogP contribution in [0.3, 0.4) is 0 Å². The van der Waals surface area contributed by atoms with Crippen LogP contribution in [0.1, 0.15) is 11.8 Å². The number of hydrogen-bond donors (Lipinski definition) is 4. The van der Waals surface area contributed by atoms with Crippen LogP contribution in [-0.4, -0.2) is 61.0 Å². The number of carbonyl (C=O) groups excluding carboxylic acids is 1. The van der Waals surface area contributed by atoms with Crippen molar-refractivity contribution in [1.29, 1.82) is 0 Å². The van der Waals surface area contributed by atoms with Gasteiger partial charge in [0.05, 0.1) is 6.33 Å². The fourth-order valence-electron chi connectivity index (χ4n) is 3.98. The van der Waals surface area contributed by atoms with Crippen LogP contribution in [0.4, 0.5) is 10.2 Å². The van der Waals surface area contributed by atoms with Crippen molar-refractivity contribution in [2.45, 2.75) is 31.1 Å². The highest BCUT2D eigenvalue weighted by Crippen LogP contribution is 2.33. The zero-order chi connectivity index (χ0) is 24.5. The second-order valence-electron chi connectivity index (χ2n) is 8.11. The van der Waals surface area contributed by atoms with Gasteiger partial charge < -0.3 is 25.6 Å². The first-order valence-electron chi connectivity index (χ1n) is 11.0. The molecule has 11 heteroatoms. The second kappa shape index (κ2) is 9.37. The van der Waals surface area contributed by atoms with Gasteiger partial charge in [-0.15, -0.1) is 0 Å². The number of aliphatic hydroxyl groups is 2. The van der Waals surface area contributed by atoms with Crippen LogP contribution in [0.5, 0.6) is 0 Å². The van der Waals surface area contributed by atoms with Gasteiger partial charge in [0.15, 0.2) is 35.1 Å². The van der Waals surface area contributed by atoms with Crippen molar-refractivity contribution in [1.82, 2.24) is 24.8 Å². The monoisotopic (exact) mass is 478 g/mol. The first-order valence-corrected chi connectivity index (χ1v) is 11.0. The van der Waals surface area contributed by atoms with Gasteiger partial charge in [-0.05, 0) is 29.8 Å². The Kier molecular flexibility index (Phi) is 6.12. The molecule has 1 amide bonds. The van der Waals surface area contributed by atoms with E-state index in [1.165, 1.54) is 30.1 Å². The second-order valence-corrected chi connectivity index (χ2v) is 8.11. The Hall–Kier alpha value is -3.93. The van der Waals surface area contributed by atoms with E-state index in [2.05, 4.69) is 25.6 Å². The SMILES string of the molecule is CNC(=O)[C@H]1O[C@@H](n2cnc3c(NCc4ccccc4)nc(-c4ccc(F)cc4)nc32)[C@H](O)[C@@H]1O. The largest absolute Gasteiger partial charge is 0.387 e. The van der Waals surface area contributed by atoms with E-state index in [0.29, 0.717) is 34.9 Å². The minimum atomic E-state index is -1.44. The van der Waals surface area contributed by atoms with Crippen LogP contribution >= 0.6 is 0 Å². The maximum absolute atomic E-state index is 13.5. The van der Waals surface area contributed by atoms with Gasteiger partial charge in [0.25, 0.3) is 5.91 Å². The number of nitrogens with one attached hydrogen (secondary N) is 2. The fourth-order valence-corrected chi connectivity index (χ4v) is 3.98. The van der Waals surface area contributed by atoms with Gasteiger partial charge in [-0.1, -0.05) is 30.3 Å². The van der Waals surface area contributed by atoms with Crippen molar-refractivity contribution in [2.75, 3.05) is 12.4 Å². The van der Waals surface area contributed by atoms with Gasteiger partial charge >= 0.3 is 0 Å². The summed E-state index contributed by atoms with van der Waals surface area (Å²) in [5, 5.41) is 26.7. The van der Waals surface area contributed by atoms with E-state index in [4.69, 9.17) is 4.74 Å². The molecule has 2 aromatic heterocycles. The molecule has 0 saturated carbocycles. The summed E-state index contributed by atoms with van der Waals surface area (Å²) < 4.78 is 20.7. The van der Waals surface area contributed by atoms with Gasteiger partial charge in [0.2, 0.25) is 0 Å². The molecule has 0 radical (unpaired) electrons. The minimum Gasteiger partial charge on any atom is -0.387 e. The number of carbonyl (C=O) groups is 1. The maximum atomic E-state index is 13.5. The van der Waals surface area contributed by atoms with E-state index in [-0.39, 0.29) is 5.82 Å². The van der Waals surface area contributed by atoms with Crippen molar-refractivity contribution < 1.29 is 24.1 Å². The predicted octanol–water partition coefficient (Wildman–Crippen LogP) is 1.61. The summed E-state index contributed by atoms with van der Waals surface area (Å²) in [4.78, 5) is 25.7. The lowest BCUT2D eigenvalue weighted by molar-refractivity contribution is -0.137. The van der Waals surface area contributed by atoms with Crippen LogP contribution in [0.2, 0.25) is 0 Å². The zero-order valence-corrected chi connectivity index (χ0v) is 18.7. The number of aromatic nitrogens is 4. The highest BCUT2D eigenvalue weighted by molar-refractivity contribution is 5.85. The molecule has 1 saturated heterocycles. The topological polar surface area (TPSA) is 134 Å². The number of hydrogen-bond acceptors (Lipinski definition) is 8. The molecule has 4 atom stereocenters. The van der Waals surface area contributed by atoms with Crippen molar-refractivity contribution in [3.05, 3.63) is 72.3 Å². The van der Waals surface area contributed by atoms with Gasteiger partial charge in [0.1, 0.15) is 18.0 Å². The molecule has 4 aromatic rings. The molecule has 3 heterocycles. The van der Waals surface area contributed by atoms with Crippen LogP contribution < -0.4 is 10.6 Å². The molecule has 2 aromatic carbocycles. The Bertz CT molecular complexity index is 1350. The van der Waals surface area contributed by atoms with Gasteiger partial charge in [-0.2, -0.15) is 0 Å². The molecular weight excluding hydrogens is 455 g/mol. The summed E-state index contributed by atoms with van der Waals surface area (Å²) >= 11 is 0. The number of benzene rings is 2. The Morgan fingerprint density at radius 1 is 1.09 bits per heavy atom. The Labute approximate surface area is 199 Å². The summed E-state index contributed by atoms with van der Waals surface area (Å²) in [7, 11) is 1.41. The predicted molar refractivity (Wildman–Crippen MR) is 124 cm³/mol. The number of nitrogens with zero attached hydrogens (tertiary/aromatic N) is 4. The quantitative estimate of drug-likeness (QED) is 0.328. The molecule has 35 heavy (non-hydrogen) atoms. The van der Waals surface area contributed by atoms with Crippen molar-refractivity contribution in [3.8, 4) is 11.4 Å². The zero-order valence-electron chi connectivity index (χ0n) is 18.7. The van der Waals surface area contributed by atoms with E-state index in [1.807, 2.05) is 30.3 Å². The summed E-state index contributed by atoms with van der Waals surface area (Å²) in [5.41, 5.74) is 2.30. The third kappa shape index (κ3) is 4.32. The molecular formula is C24H23FN6O4. The smallest absolute Gasteiger partial charge is 0.251 e. The molecule has 4 N–H and O–H groups in total. The third-order valence-corrected chi connectivity index (χ3v) is 5.84. The standard InChI is InChI=1S/C24H23FN6O4/c1-26-23(34)19-17(32)18(33)24(35-19)31-12-28-16-21(27-11-13-5-3-2-4-6-13)29-20(30-22(16)31)14-7-9-15(25)10-8-14/h2-10,12,17-19,24,32-33H,11H2,1H3,(H,26,34)(H,27,29,30)/t17-,18+,19-,24+/m0/s1. The maximum Gasteiger partial charge on any atom is 0.251 e. The molecule has 1 fully saturated rings. The summed E-state index contributed by atoms with van der Waals surface area (Å²) in [6, 6.07) is 15.5. The normalized spacial score (nSPS) is 21.8. The number of rotatable bonds is 6. The molecule has 1 aliphatic heterocycles. The number of aliphatic hydroxyl groups excluding tert-OH is 2. The molecule has 180 valence electrons. The highest BCUT2D eigenvalue weighted by atomic mass is 19.1. The van der Waals surface area contributed by atoms with Gasteiger partial charge in [-0.3, -0.25) is 9.36 Å². The number of ether oxygens (including phenoxy) is 1. The van der Waals surface area contributed by atoms with Gasteiger partial charge in [0, 0.05) is 19.2 Å². The first-order chi connectivity index (χ1) is 17.0. The third-order valence-electron chi connectivity index (χ3n) is 5.84. The molecule has 0 bridgehead atoms. The lowest BCUT2D eigenvalue weighted by Gasteiger charge is -2.17. The average Bonchev–Trinajstić information content (AvgIpc) is 3.44. The van der Waals surface area contributed by atoms with Crippen molar-refractivity contribution in [3.63, 3.8) is 0 Å². The molecule has 0 unspecified atom stereocenters. The molecule has 5 rings (SSSR count). The van der Waals surface area contributed by atoms with Crippen LogP contribution in [0.15, 0.2) is 60.9 Å². The van der Waals surface area contributed by atoms with E-state index in [0.717, 1.165) is 5.56 Å². The lowest BCUT2D eigenvalue weighted by atomic mass is 10.1. The summed E-state index contributed by atoms with van der Waals surface area (Å²) in [5.74, 6) is -0.229. The van der Waals surface area contributed by atoms with Crippen molar-refractivity contribution in [2.24, 2.45) is 0 Å². The van der Waals surface area contributed by atoms with Crippen LogP contribution in [-0.2, 0) is 16.1 Å². The van der Waals surface area contributed by atoms with E-state index >= 15 is 0 Å². The number of imidazole rings is 1. The van der Waals surface area contributed by atoms with E-state index < -0.39 is 30.4 Å². The molecule has 1 aliphatic rings. The molecule has 10 nitrogen and oxygen atoms in total. The van der Waals surface area contributed by atoms with Crippen molar-refractivity contribution >= 4 is 22.9 Å². The van der Waals surface area contributed by atoms with Gasteiger partial charge in [-0.25, -0.2) is 19.3 Å². The molecule has 0 aliphatic carbocycles. The Morgan fingerprint density at radius 2 is 1.83 bits per heavy atom. The van der Waals surface area contributed by atoms with E-state index in [9.17, 15) is 19.4 Å². The number of anilines is 1. The van der Waals surface area contributed by atoms with Crippen LogP contribution in [0, 0.1) is 5.82 Å². The fraction of sp³-hybridized carbons (Fsp3) is 0.250. The molecule has 0 spiro atoms. The number of halogens is 1. The van der Waals surface area contributed by atoms with Crippen LogP contribution in [0.25, 0.3) is 22.6 Å². The Balaban J connectivity index is 1.58. The Morgan fingerprint density at radius 3 is 2.54 bits per heavy atom. The minimum absolute atomic E-state index is 0.297. The average molecular weight is 478 g/mol. The van der Waals surface area contributed by atoms with E-state index in [1.54, 1.807) is 12.1 Å². The summed E-state index contributed by atoms with van der Waals surface area (Å²) in [6.07, 6.45) is -3.80. The highest BCUT2D eigenvalue weighted by Gasteiger charge is 2.47. The number of fused-ring (bicyclic) bond motifs is 1. The number of likely N-dealkylation sites (N-methyl/N-ethyl adjacent to an activating group) is 1. The first kappa shape index (κ1) is 22.8. The summed E-state index contributed by atoms with van der Waals surface area (Å²) in [6.45, 7) is 0.461.